The minimum atomic E-state index is -5.05. The Morgan fingerprint density at radius 3 is 2.21 bits per heavy atom. The molecule has 0 spiro atoms. The van der Waals surface area contributed by atoms with Crippen molar-refractivity contribution in [3.05, 3.63) is 57.7 Å². The van der Waals surface area contributed by atoms with Crippen molar-refractivity contribution in [3.8, 4) is 11.4 Å². The van der Waals surface area contributed by atoms with Crippen LogP contribution < -0.4 is 4.90 Å². The van der Waals surface area contributed by atoms with Crippen LogP contribution in [-0.4, -0.2) is 56.2 Å². The fourth-order valence-corrected chi connectivity index (χ4v) is 6.81. The van der Waals surface area contributed by atoms with Crippen LogP contribution in [0.1, 0.15) is 74.4 Å². The van der Waals surface area contributed by atoms with E-state index in [1.807, 2.05) is 11.8 Å². The maximum Gasteiger partial charge on any atom is 0.416 e. The number of ether oxygens (including phenoxy) is 1. The van der Waals surface area contributed by atoms with Crippen molar-refractivity contribution in [1.82, 2.24) is 19.9 Å². The van der Waals surface area contributed by atoms with Crippen LogP contribution in [0, 0.1) is 11.8 Å². The summed E-state index contributed by atoms with van der Waals surface area (Å²) >= 11 is 1.35. The van der Waals surface area contributed by atoms with Gasteiger partial charge in [0, 0.05) is 24.9 Å². The lowest BCUT2D eigenvalue weighted by Crippen LogP contribution is -2.36. The zero-order valence-corrected chi connectivity index (χ0v) is 26.3. The Hall–Kier alpha value is -3.95. The van der Waals surface area contributed by atoms with E-state index in [1.54, 1.807) is 17.1 Å². The van der Waals surface area contributed by atoms with E-state index in [9.17, 15) is 35.9 Å². The van der Waals surface area contributed by atoms with Crippen LogP contribution in [0.3, 0.4) is 0 Å². The molecular weight excluding hydrogens is 652 g/mol. The highest BCUT2D eigenvalue weighted by Gasteiger charge is 2.44. The molecule has 1 N–H and O–H groups in total. The number of nitrogens with zero attached hydrogens (tertiary/aromatic N) is 5. The first-order valence-electron chi connectivity index (χ1n) is 15.1. The summed E-state index contributed by atoms with van der Waals surface area (Å²) in [6.07, 6.45) is -7.48. The van der Waals surface area contributed by atoms with E-state index in [-0.39, 0.29) is 30.9 Å². The Morgan fingerprint density at radius 1 is 1.02 bits per heavy atom. The monoisotopic (exact) mass is 685 g/mol. The number of anilines is 1. The number of hydrogen-bond donors (Lipinski definition) is 1. The van der Waals surface area contributed by atoms with Gasteiger partial charge in [-0.05, 0) is 75.1 Å². The molecule has 5 rings (SSSR count). The molecule has 47 heavy (non-hydrogen) atoms. The van der Waals surface area contributed by atoms with Crippen molar-refractivity contribution in [2.24, 2.45) is 11.8 Å². The van der Waals surface area contributed by atoms with Crippen LogP contribution in [0.25, 0.3) is 11.4 Å². The van der Waals surface area contributed by atoms with Crippen LogP contribution in [0.4, 0.5) is 37.0 Å². The standard InChI is InChI=1S/C31H33F6N5O4S/c1-3-41(13-19-6-4-18(5-7-19)8-26(43)44)28-24(40-23(12-38-28)25-15-47-16-39-25)14-42-17(2)27(46-29(42)45)20-9-21(30(32,33)34)11-22(10-20)31(35,36)37/h9-12,15-19,27H,3-8,13-14H2,1-2H3,(H,43,44)/t17-,18?,19?,27?/m0/s1. The number of carboxylic acid groups (broad SMARTS) is 1. The number of benzene rings is 1. The molecule has 254 valence electrons. The van der Waals surface area contributed by atoms with Crippen molar-refractivity contribution in [2.45, 2.75) is 77.0 Å². The highest BCUT2D eigenvalue weighted by molar-refractivity contribution is 7.07. The molecule has 2 aliphatic rings. The third kappa shape index (κ3) is 7.96. The Kier molecular flexibility index (Phi) is 9.99. The first-order valence-corrected chi connectivity index (χ1v) is 16.1. The SMILES string of the molecule is CCN(CC1CCC(CC(=O)O)CC1)c1ncc(-c2cscn2)nc1CN1C(=O)OC(c2cc(C(F)(F)F)cc(C(F)(F)F)c2)[C@@H]1C. The topological polar surface area (TPSA) is 109 Å². The Balaban J connectivity index is 1.43. The summed E-state index contributed by atoms with van der Waals surface area (Å²) in [5.74, 6) is 0.0541. The van der Waals surface area contributed by atoms with Gasteiger partial charge in [0.2, 0.25) is 0 Å². The summed E-state index contributed by atoms with van der Waals surface area (Å²) in [6, 6.07) is 0.229. The minimum Gasteiger partial charge on any atom is -0.481 e. The number of carboxylic acids is 1. The zero-order valence-electron chi connectivity index (χ0n) is 25.5. The average molecular weight is 686 g/mol. The van der Waals surface area contributed by atoms with Gasteiger partial charge in [-0.1, -0.05) is 0 Å². The normalized spacial score (nSPS) is 22.0. The molecule has 1 amide bonds. The van der Waals surface area contributed by atoms with Crippen molar-refractivity contribution >= 4 is 29.2 Å². The number of halogens is 6. The number of amides is 1. The molecule has 9 nitrogen and oxygen atoms in total. The van der Waals surface area contributed by atoms with Gasteiger partial charge in [-0.3, -0.25) is 9.69 Å². The Bertz CT molecular complexity index is 1550. The van der Waals surface area contributed by atoms with Gasteiger partial charge in [-0.25, -0.2) is 19.7 Å². The van der Waals surface area contributed by atoms with Gasteiger partial charge in [-0.15, -0.1) is 11.3 Å². The van der Waals surface area contributed by atoms with Crippen LogP contribution in [0.2, 0.25) is 0 Å². The van der Waals surface area contributed by atoms with Crippen LogP contribution >= 0.6 is 11.3 Å². The van der Waals surface area contributed by atoms with Gasteiger partial charge in [0.15, 0.2) is 5.82 Å². The summed E-state index contributed by atoms with van der Waals surface area (Å²) in [5.41, 5.74) is -0.452. The third-order valence-corrected chi connectivity index (χ3v) is 9.34. The van der Waals surface area contributed by atoms with E-state index >= 15 is 0 Å². The second kappa shape index (κ2) is 13.6. The molecule has 1 aliphatic carbocycles. The molecule has 0 radical (unpaired) electrons. The molecule has 1 saturated carbocycles. The zero-order chi connectivity index (χ0) is 34.1. The summed E-state index contributed by atoms with van der Waals surface area (Å²) in [7, 11) is 0. The highest BCUT2D eigenvalue weighted by Crippen LogP contribution is 2.41. The predicted octanol–water partition coefficient (Wildman–Crippen LogP) is 7.83. The van der Waals surface area contributed by atoms with E-state index in [4.69, 9.17) is 19.8 Å². The third-order valence-electron chi connectivity index (χ3n) is 8.76. The molecule has 2 aromatic heterocycles. The highest BCUT2D eigenvalue weighted by atomic mass is 32.1. The lowest BCUT2D eigenvalue weighted by atomic mass is 9.80. The number of aromatic nitrogens is 3. The predicted molar refractivity (Wildman–Crippen MR) is 159 cm³/mol. The number of carbonyl (C=O) groups is 2. The van der Waals surface area contributed by atoms with Gasteiger partial charge in [-0.2, -0.15) is 26.3 Å². The van der Waals surface area contributed by atoms with E-state index in [2.05, 4.69) is 4.98 Å². The molecule has 3 heterocycles. The van der Waals surface area contributed by atoms with E-state index in [0.29, 0.717) is 48.1 Å². The van der Waals surface area contributed by atoms with Crippen LogP contribution in [-0.2, 0) is 28.4 Å². The summed E-state index contributed by atoms with van der Waals surface area (Å²) in [6.45, 7) is 4.38. The first kappa shape index (κ1) is 34.4. The molecule has 0 bridgehead atoms. The maximum absolute atomic E-state index is 13.6. The number of rotatable bonds is 10. The maximum atomic E-state index is 13.6. The molecule has 2 fully saturated rings. The van der Waals surface area contributed by atoms with Crippen molar-refractivity contribution in [1.29, 1.82) is 0 Å². The first-order chi connectivity index (χ1) is 22.1. The van der Waals surface area contributed by atoms with Gasteiger partial charge in [0.05, 0.1) is 35.4 Å². The van der Waals surface area contributed by atoms with Crippen LogP contribution in [0.15, 0.2) is 35.3 Å². The molecule has 1 aliphatic heterocycles. The smallest absolute Gasteiger partial charge is 0.416 e. The number of aliphatic carboxylic acids is 1. The van der Waals surface area contributed by atoms with Gasteiger partial charge < -0.3 is 14.7 Å². The second-order valence-corrected chi connectivity index (χ2v) is 12.7. The van der Waals surface area contributed by atoms with E-state index < -0.39 is 53.3 Å². The summed E-state index contributed by atoms with van der Waals surface area (Å²) < 4.78 is 86.8. The lowest BCUT2D eigenvalue weighted by Gasteiger charge is -2.33. The molecule has 3 aromatic rings. The lowest BCUT2D eigenvalue weighted by molar-refractivity contribution is -0.143. The molecule has 1 saturated heterocycles. The number of alkyl halides is 6. The fourth-order valence-electron chi connectivity index (χ4n) is 6.26. The summed E-state index contributed by atoms with van der Waals surface area (Å²) in [4.78, 5) is 41.3. The Labute approximate surface area is 270 Å². The van der Waals surface area contributed by atoms with Crippen molar-refractivity contribution in [2.75, 3.05) is 18.0 Å². The van der Waals surface area contributed by atoms with Gasteiger partial charge >= 0.3 is 24.4 Å². The van der Waals surface area contributed by atoms with Crippen LogP contribution in [0.5, 0.6) is 0 Å². The number of carbonyl (C=O) groups excluding carboxylic acids is 1. The average Bonchev–Trinajstić information content (AvgIpc) is 3.64. The number of hydrogen-bond acceptors (Lipinski definition) is 8. The molecule has 1 aromatic carbocycles. The van der Waals surface area contributed by atoms with Gasteiger partial charge in [0.1, 0.15) is 23.2 Å². The molecule has 1 unspecified atom stereocenters. The minimum absolute atomic E-state index is 0.0342. The largest absolute Gasteiger partial charge is 0.481 e. The van der Waals surface area contributed by atoms with Crippen molar-refractivity contribution in [3.63, 3.8) is 0 Å². The quantitative estimate of drug-likeness (QED) is 0.215. The number of cyclic esters (lactones) is 1. The van der Waals surface area contributed by atoms with E-state index in [1.165, 1.54) is 23.2 Å². The second-order valence-electron chi connectivity index (χ2n) is 11.9. The van der Waals surface area contributed by atoms with E-state index in [0.717, 1.165) is 25.7 Å². The molecule has 16 heteroatoms. The van der Waals surface area contributed by atoms with Gasteiger partial charge in [0.25, 0.3) is 0 Å². The number of thiazole rings is 1. The Morgan fingerprint density at radius 2 is 1.66 bits per heavy atom. The molecule has 2 atom stereocenters. The molecular formula is C31H33F6N5O4S. The van der Waals surface area contributed by atoms with Crippen molar-refractivity contribution < 1.29 is 45.8 Å². The fraction of sp³-hybridized carbons (Fsp3) is 0.516. The summed E-state index contributed by atoms with van der Waals surface area (Å²) in [5, 5.41) is 10.9.